The molecular weight excluding hydrogens is 311 g/mol. The number of aromatic amines is 1. The van der Waals surface area contributed by atoms with Crippen LogP contribution in [-0.2, 0) is 6.42 Å². The number of H-pyrrole nitrogens is 1. The molecule has 0 bridgehead atoms. The van der Waals surface area contributed by atoms with Gasteiger partial charge in [-0.1, -0.05) is 11.6 Å². The molecule has 2 nitrogen and oxygen atoms in total. The normalized spacial score (nSPS) is 11.6. The van der Waals surface area contributed by atoms with Gasteiger partial charge in [0.15, 0.2) is 0 Å². The second kappa shape index (κ2) is 4.75. The minimum Gasteiger partial charge on any atom is -0.350 e. The molecule has 0 fully saturated rings. The lowest BCUT2D eigenvalue weighted by molar-refractivity contribution is 0.414. The fourth-order valence-corrected chi connectivity index (χ4v) is 2.76. The van der Waals surface area contributed by atoms with Crippen LogP contribution in [0.4, 0.5) is 0 Å². The van der Waals surface area contributed by atoms with Gasteiger partial charge in [0.1, 0.15) is 0 Å². The predicted molar refractivity (Wildman–Crippen MR) is 78.0 cm³/mol. The van der Waals surface area contributed by atoms with Gasteiger partial charge in [0.05, 0.1) is 3.70 Å². The molecular formula is C13H17IN2. The van der Waals surface area contributed by atoms with E-state index >= 15 is 0 Å². The smallest absolute Gasteiger partial charge is 0.0815 e. The summed E-state index contributed by atoms with van der Waals surface area (Å²) in [5.41, 5.74) is 4.03. The quantitative estimate of drug-likeness (QED) is 0.858. The van der Waals surface area contributed by atoms with Crippen LogP contribution in [0.25, 0.3) is 10.9 Å². The van der Waals surface area contributed by atoms with Crippen molar-refractivity contribution in [1.29, 1.82) is 0 Å². The summed E-state index contributed by atoms with van der Waals surface area (Å²) in [6.45, 7) is 3.24. The van der Waals surface area contributed by atoms with E-state index in [0.29, 0.717) is 0 Å². The largest absolute Gasteiger partial charge is 0.350 e. The van der Waals surface area contributed by atoms with Gasteiger partial charge in [0.2, 0.25) is 0 Å². The van der Waals surface area contributed by atoms with Gasteiger partial charge >= 0.3 is 0 Å². The van der Waals surface area contributed by atoms with Crippen molar-refractivity contribution in [3.05, 3.63) is 33.0 Å². The lowest BCUT2D eigenvalue weighted by Crippen LogP contribution is -2.15. The van der Waals surface area contributed by atoms with Gasteiger partial charge in [-0.05, 0) is 67.7 Å². The number of nitrogens with zero attached hydrogens (tertiary/aromatic N) is 1. The van der Waals surface area contributed by atoms with Crippen LogP contribution in [0.5, 0.6) is 0 Å². The number of fused-ring (bicyclic) bond motifs is 1. The van der Waals surface area contributed by atoms with E-state index < -0.39 is 0 Å². The molecule has 0 aliphatic carbocycles. The van der Waals surface area contributed by atoms with Gasteiger partial charge < -0.3 is 9.88 Å². The molecule has 16 heavy (non-hydrogen) atoms. The van der Waals surface area contributed by atoms with Crippen molar-refractivity contribution >= 4 is 33.5 Å². The highest BCUT2D eigenvalue weighted by Gasteiger charge is 2.09. The molecule has 0 saturated carbocycles. The van der Waals surface area contributed by atoms with E-state index in [1.54, 1.807) is 0 Å². The maximum absolute atomic E-state index is 3.45. The maximum Gasteiger partial charge on any atom is 0.0815 e. The van der Waals surface area contributed by atoms with E-state index in [0.717, 1.165) is 13.0 Å². The highest BCUT2D eigenvalue weighted by atomic mass is 127. The molecule has 2 rings (SSSR count). The van der Waals surface area contributed by atoms with Crippen LogP contribution in [0.2, 0.25) is 0 Å². The average molecular weight is 328 g/mol. The molecule has 1 N–H and O–H groups in total. The molecule has 1 heterocycles. The molecule has 2 aromatic rings. The summed E-state index contributed by atoms with van der Waals surface area (Å²) in [5, 5.41) is 1.38. The molecule has 0 saturated heterocycles. The van der Waals surface area contributed by atoms with Gasteiger partial charge in [0, 0.05) is 17.4 Å². The molecule has 0 spiro atoms. The van der Waals surface area contributed by atoms with Gasteiger partial charge in [-0.2, -0.15) is 0 Å². The Bertz CT molecular complexity index is 500. The third-order valence-corrected chi connectivity index (χ3v) is 3.74. The van der Waals surface area contributed by atoms with Crippen molar-refractivity contribution in [2.24, 2.45) is 0 Å². The highest BCUT2D eigenvalue weighted by molar-refractivity contribution is 14.1. The lowest BCUT2D eigenvalue weighted by atomic mass is 10.1. The standard InChI is InChI=1S/C13H17IN2/c1-9-4-5-12-11(8-9)10(13(14)15-12)6-7-16(2)3/h4-5,8,15H,6-7H2,1-3H3. The van der Waals surface area contributed by atoms with Crippen molar-refractivity contribution in [2.45, 2.75) is 13.3 Å². The van der Waals surface area contributed by atoms with Gasteiger partial charge in [-0.15, -0.1) is 0 Å². The van der Waals surface area contributed by atoms with Crippen LogP contribution in [0, 0.1) is 10.6 Å². The Morgan fingerprint density at radius 3 is 2.75 bits per heavy atom. The fraction of sp³-hybridized carbons (Fsp3) is 0.385. The van der Waals surface area contributed by atoms with Crippen molar-refractivity contribution in [1.82, 2.24) is 9.88 Å². The number of hydrogen-bond donors (Lipinski definition) is 1. The number of aromatic nitrogens is 1. The molecule has 86 valence electrons. The Kier molecular flexibility index (Phi) is 3.54. The number of nitrogens with one attached hydrogen (secondary N) is 1. The first kappa shape index (κ1) is 11.9. The third-order valence-electron chi connectivity index (χ3n) is 2.82. The molecule has 0 unspecified atom stereocenters. The Morgan fingerprint density at radius 2 is 2.06 bits per heavy atom. The zero-order chi connectivity index (χ0) is 11.7. The fourth-order valence-electron chi connectivity index (χ4n) is 1.91. The third kappa shape index (κ3) is 2.40. The molecule has 3 heteroatoms. The van der Waals surface area contributed by atoms with Crippen LogP contribution >= 0.6 is 22.6 Å². The molecule has 1 aromatic heterocycles. The Morgan fingerprint density at radius 1 is 1.31 bits per heavy atom. The van der Waals surface area contributed by atoms with E-state index in [1.165, 1.54) is 25.7 Å². The molecule has 0 atom stereocenters. The first-order valence-electron chi connectivity index (χ1n) is 5.49. The molecule has 0 aliphatic rings. The van der Waals surface area contributed by atoms with Crippen molar-refractivity contribution in [2.75, 3.05) is 20.6 Å². The molecule has 0 amide bonds. The zero-order valence-corrected chi connectivity index (χ0v) is 12.1. The van der Waals surface area contributed by atoms with Crippen LogP contribution in [-0.4, -0.2) is 30.5 Å². The maximum atomic E-state index is 3.45. The first-order valence-corrected chi connectivity index (χ1v) is 6.57. The molecule has 0 aliphatic heterocycles. The van der Waals surface area contributed by atoms with E-state index in [-0.39, 0.29) is 0 Å². The van der Waals surface area contributed by atoms with Crippen LogP contribution in [0.15, 0.2) is 18.2 Å². The van der Waals surface area contributed by atoms with E-state index in [4.69, 9.17) is 0 Å². The summed E-state index contributed by atoms with van der Waals surface area (Å²) in [5.74, 6) is 0. The minimum atomic E-state index is 1.09. The second-order valence-electron chi connectivity index (χ2n) is 4.52. The Labute approximate surface area is 110 Å². The summed E-state index contributed by atoms with van der Waals surface area (Å²) in [6.07, 6.45) is 1.11. The van der Waals surface area contributed by atoms with Crippen molar-refractivity contribution in [3.8, 4) is 0 Å². The van der Waals surface area contributed by atoms with Gasteiger partial charge in [-0.3, -0.25) is 0 Å². The van der Waals surface area contributed by atoms with Crippen molar-refractivity contribution < 1.29 is 0 Å². The Balaban J connectivity index is 2.42. The lowest BCUT2D eigenvalue weighted by Gasteiger charge is -2.08. The zero-order valence-electron chi connectivity index (χ0n) is 9.97. The SMILES string of the molecule is Cc1ccc2[nH]c(I)c(CCN(C)C)c2c1. The number of aryl methyl sites for hydroxylation is 1. The summed E-state index contributed by atoms with van der Waals surface area (Å²) in [7, 11) is 4.24. The van der Waals surface area contributed by atoms with Crippen LogP contribution < -0.4 is 0 Å². The number of benzene rings is 1. The van der Waals surface area contributed by atoms with E-state index in [9.17, 15) is 0 Å². The minimum absolute atomic E-state index is 1.09. The van der Waals surface area contributed by atoms with Crippen molar-refractivity contribution in [3.63, 3.8) is 0 Å². The number of rotatable bonds is 3. The Hall–Kier alpha value is -0.550. The van der Waals surface area contributed by atoms with E-state index in [2.05, 4.69) is 71.7 Å². The monoisotopic (exact) mass is 328 g/mol. The highest BCUT2D eigenvalue weighted by Crippen LogP contribution is 2.25. The van der Waals surface area contributed by atoms with Crippen LogP contribution in [0.1, 0.15) is 11.1 Å². The van der Waals surface area contributed by atoms with Crippen LogP contribution in [0.3, 0.4) is 0 Å². The summed E-state index contributed by atoms with van der Waals surface area (Å²) in [4.78, 5) is 5.67. The topological polar surface area (TPSA) is 19.0 Å². The predicted octanol–water partition coefficient (Wildman–Crippen LogP) is 3.19. The molecule has 0 radical (unpaired) electrons. The first-order chi connectivity index (χ1) is 7.58. The number of likely N-dealkylation sites (N-methyl/N-ethyl adjacent to an activating group) is 1. The number of hydrogen-bond acceptors (Lipinski definition) is 1. The summed E-state index contributed by atoms with van der Waals surface area (Å²) in [6, 6.07) is 6.61. The summed E-state index contributed by atoms with van der Waals surface area (Å²) < 4.78 is 1.28. The molecule has 1 aromatic carbocycles. The van der Waals surface area contributed by atoms with E-state index in [1.807, 2.05) is 0 Å². The number of halogens is 1. The average Bonchev–Trinajstić information content (AvgIpc) is 2.51. The second-order valence-corrected chi connectivity index (χ2v) is 5.60. The summed E-state index contributed by atoms with van der Waals surface area (Å²) >= 11 is 2.40. The van der Waals surface area contributed by atoms with Gasteiger partial charge in [-0.25, -0.2) is 0 Å². The van der Waals surface area contributed by atoms with Gasteiger partial charge in [0.25, 0.3) is 0 Å².